The highest BCUT2D eigenvalue weighted by Crippen LogP contribution is 2.31. The van der Waals surface area contributed by atoms with Gasteiger partial charge in [0.1, 0.15) is 11.8 Å². The van der Waals surface area contributed by atoms with E-state index in [1.165, 1.54) is 0 Å². The van der Waals surface area contributed by atoms with Gasteiger partial charge >= 0.3 is 0 Å². The lowest BCUT2D eigenvalue weighted by atomic mass is 9.95. The molecule has 5 heteroatoms. The molecule has 0 saturated carbocycles. The summed E-state index contributed by atoms with van der Waals surface area (Å²) in [5.41, 5.74) is 2.12. The van der Waals surface area contributed by atoms with Crippen molar-refractivity contribution >= 4 is 11.6 Å². The van der Waals surface area contributed by atoms with Crippen molar-refractivity contribution in [2.45, 2.75) is 45.7 Å². The molecular formula is C18H28N2O3. The Hall–Kier alpha value is -1.75. The third-order valence-electron chi connectivity index (χ3n) is 4.26. The topological polar surface area (TPSA) is 61.8 Å². The zero-order valence-corrected chi connectivity index (χ0v) is 14.5. The van der Waals surface area contributed by atoms with Crippen molar-refractivity contribution in [3.05, 3.63) is 23.8 Å². The smallest absolute Gasteiger partial charge is 0.243 e. The van der Waals surface area contributed by atoms with Gasteiger partial charge in [-0.15, -0.1) is 0 Å². The van der Waals surface area contributed by atoms with E-state index in [9.17, 15) is 9.90 Å². The number of ether oxygens (including phenoxy) is 1. The fourth-order valence-electron chi connectivity index (χ4n) is 3.14. The summed E-state index contributed by atoms with van der Waals surface area (Å²) in [6, 6.07) is 5.48. The average Bonchev–Trinajstić information content (AvgIpc) is 2.51. The largest absolute Gasteiger partial charge is 0.494 e. The number of nitrogens with zero attached hydrogens (tertiary/aromatic N) is 1. The van der Waals surface area contributed by atoms with Crippen molar-refractivity contribution in [1.82, 2.24) is 5.32 Å². The van der Waals surface area contributed by atoms with E-state index in [1.807, 2.05) is 44.0 Å². The highest BCUT2D eigenvalue weighted by Gasteiger charge is 2.32. The number of benzene rings is 1. The average molecular weight is 320 g/mol. The number of amides is 1. The van der Waals surface area contributed by atoms with E-state index in [1.54, 1.807) is 0 Å². The van der Waals surface area contributed by atoms with E-state index >= 15 is 0 Å². The summed E-state index contributed by atoms with van der Waals surface area (Å²) in [5, 5.41) is 12.5. The Morgan fingerprint density at radius 3 is 2.78 bits per heavy atom. The van der Waals surface area contributed by atoms with E-state index in [0.717, 1.165) is 23.4 Å². The number of aliphatic hydroxyl groups is 1. The lowest BCUT2D eigenvalue weighted by Gasteiger charge is -2.37. The lowest BCUT2D eigenvalue weighted by molar-refractivity contribution is -0.124. The van der Waals surface area contributed by atoms with Crippen molar-refractivity contribution in [2.24, 2.45) is 5.92 Å². The number of rotatable bonds is 5. The molecule has 1 amide bonds. The van der Waals surface area contributed by atoms with Gasteiger partial charge in [0.2, 0.25) is 5.91 Å². The quantitative estimate of drug-likeness (QED) is 0.871. The number of likely N-dealkylation sites (N-methyl/N-ethyl adjacent to an activating group) is 1. The van der Waals surface area contributed by atoms with Crippen LogP contribution in [0.3, 0.4) is 0 Å². The van der Waals surface area contributed by atoms with E-state index in [4.69, 9.17) is 4.74 Å². The van der Waals surface area contributed by atoms with Gasteiger partial charge in [-0.05, 0) is 30.4 Å². The van der Waals surface area contributed by atoms with Gasteiger partial charge < -0.3 is 20.1 Å². The zero-order valence-electron chi connectivity index (χ0n) is 14.5. The highest BCUT2D eigenvalue weighted by atomic mass is 16.5. The van der Waals surface area contributed by atoms with Gasteiger partial charge in [-0.3, -0.25) is 4.79 Å². The Labute approximate surface area is 138 Å². The molecule has 1 aliphatic heterocycles. The van der Waals surface area contributed by atoms with Crippen LogP contribution < -0.4 is 15.0 Å². The summed E-state index contributed by atoms with van der Waals surface area (Å²) in [7, 11) is 1.95. The van der Waals surface area contributed by atoms with Crippen molar-refractivity contribution in [2.75, 3.05) is 25.2 Å². The molecule has 1 heterocycles. The second kappa shape index (κ2) is 7.68. The SMILES string of the molecule is CCCOc1ccc2c(c1)N(C)[C@@H](C(C)C)C(=O)N[C@H](CO)C2. The normalized spacial score (nSPS) is 21.5. The molecule has 23 heavy (non-hydrogen) atoms. The van der Waals surface area contributed by atoms with Crippen LogP contribution in [0.2, 0.25) is 0 Å². The van der Waals surface area contributed by atoms with Crippen LogP contribution >= 0.6 is 0 Å². The van der Waals surface area contributed by atoms with Gasteiger partial charge in [0, 0.05) is 18.8 Å². The van der Waals surface area contributed by atoms with Gasteiger partial charge in [-0.25, -0.2) is 0 Å². The molecule has 1 aromatic rings. The first-order valence-corrected chi connectivity index (χ1v) is 8.37. The van der Waals surface area contributed by atoms with Crippen LogP contribution in [0.4, 0.5) is 5.69 Å². The minimum Gasteiger partial charge on any atom is -0.494 e. The predicted molar refractivity (Wildman–Crippen MR) is 92.0 cm³/mol. The van der Waals surface area contributed by atoms with Crippen LogP contribution in [-0.4, -0.2) is 43.4 Å². The number of nitrogens with one attached hydrogen (secondary N) is 1. The number of hydrogen-bond acceptors (Lipinski definition) is 4. The number of anilines is 1. The van der Waals surface area contributed by atoms with Crippen molar-refractivity contribution < 1.29 is 14.6 Å². The van der Waals surface area contributed by atoms with E-state index in [2.05, 4.69) is 12.2 Å². The first-order chi connectivity index (χ1) is 11.0. The first-order valence-electron chi connectivity index (χ1n) is 8.37. The molecule has 2 N–H and O–H groups in total. The number of carbonyl (C=O) groups is 1. The number of carbonyl (C=O) groups excluding carboxylic acids is 1. The van der Waals surface area contributed by atoms with Crippen molar-refractivity contribution in [3.8, 4) is 5.75 Å². The van der Waals surface area contributed by atoms with Gasteiger partial charge in [0.05, 0.1) is 19.3 Å². The third kappa shape index (κ3) is 3.96. The highest BCUT2D eigenvalue weighted by molar-refractivity contribution is 5.86. The van der Waals surface area contributed by atoms with Crippen molar-refractivity contribution in [1.29, 1.82) is 0 Å². The molecule has 2 rings (SSSR count). The summed E-state index contributed by atoms with van der Waals surface area (Å²) in [6.45, 7) is 6.76. The molecule has 0 bridgehead atoms. The Morgan fingerprint density at radius 1 is 1.43 bits per heavy atom. The fraction of sp³-hybridized carbons (Fsp3) is 0.611. The molecule has 0 radical (unpaired) electrons. The van der Waals surface area contributed by atoms with Crippen LogP contribution in [0.1, 0.15) is 32.8 Å². The van der Waals surface area contributed by atoms with E-state index in [-0.39, 0.29) is 30.5 Å². The van der Waals surface area contributed by atoms with Crippen LogP contribution in [0, 0.1) is 5.92 Å². The molecule has 0 saturated heterocycles. The molecule has 2 atom stereocenters. The number of fused-ring (bicyclic) bond motifs is 1. The molecule has 128 valence electrons. The summed E-state index contributed by atoms with van der Waals surface area (Å²) >= 11 is 0. The summed E-state index contributed by atoms with van der Waals surface area (Å²) in [4.78, 5) is 14.6. The Bertz CT molecular complexity index is 545. The zero-order chi connectivity index (χ0) is 17.0. The Morgan fingerprint density at radius 2 is 2.17 bits per heavy atom. The Kier molecular flexibility index (Phi) is 5.88. The van der Waals surface area contributed by atoms with Crippen LogP contribution in [-0.2, 0) is 11.2 Å². The predicted octanol–water partition coefficient (Wildman–Crippen LogP) is 1.97. The fourth-order valence-corrected chi connectivity index (χ4v) is 3.14. The van der Waals surface area contributed by atoms with E-state index < -0.39 is 0 Å². The van der Waals surface area contributed by atoms with Gasteiger partial charge in [0.15, 0.2) is 0 Å². The van der Waals surface area contributed by atoms with Crippen molar-refractivity contribution in [3.63, 3.8) is 0 Å². The van der Waals surface area contributed by atoms with Gasteiger partial charge in [-0.2, -0.15) is 0 Å². The minimum absolute atomic E-state index is 0.0351. The van der Waals surface area contributed by atoms with Gasteiger partial charge in [0.25, 0.3) is 0 Å². The second-order valence-corrected chi connectivity index (χ2v) is 6.53. The molecule has 1 aromatic carbocycles. The second-order valence-electron chi connectivity index (χ2n) is 6.53. The summed E-state index contributed by atoms with van der Waals surface area (Å²) in [6.07, 6.45) is 1.57. The molecule has 5 nitrogen and oxygen atoms in total. The number of aliphatic hydroxyl groups excluding tert-OH is 1. The first kappa shape index (κ1) is 17.6. The standard InChI is InChI=1S/C18H28N2O3/c1-5-8-23-15-7-6-13-9-14(11-21)19-18(22)17(12(2)3)20(4)16(13)10-15/h6-7,10,12,14,17,21H,5,8-9,11H2,1-4H3,(H,19,22)/t14-,17-/m0/s1. The summed E-state index contributed by atoms with van der Waals surface area (Å²) in [5.74, 6) is 0.944. The summed E-state index contributed by atoms with van der Waals surface area (Å²) < 4.78 is 5.74. The Balaban J connectivity index is 2.43. The molecular weight excluding hydrogens is 292 g/mol. The molecule has 1 aliphatic rings. The monoisotopic (exact) mass is 320 g/mol. The maximum absolute atomic E-state index is 12.6. The maximum Gasteiger partial charge on any atom is 0.243 e. The molecule has 0 aromatic heterocycles. The molecule has 0 unspecified atom stereocenters. The van der Waals surface area contributed by atoms with Crippen LogP contribution in [0.25, 0.3) is 0 Å². The number of hydrogen-bond donors (Lipinski definition) is 2. The molecule has 0 aliphatic carbocycles. The third-order valence-corrected chi connectivity index (χ3v) is 4.26. The lowest BCUT2D eigenvalue weighted by Crippen LogP contribution is -2.54. The minimum atomic E-state index is -0.274. The van der Waals surface area contributed by atoms with Crippen LogP contribution in [0.15, 0.2) is 18.2 Å². The van der Waals surface area contributed by atoms with E-state index in [0.29, 0.717) is 13.0 Å². The molecule has 0 fully saturated rings. The molecule has 0 spiro atoms. The van der Waals surface area contributed by atoms with Gasteiger partial charge in [-0.1, -0.05) is 26.8 Å². The van der Waals surface area contributed by atoms with Crippen LogP contribution in [0.5, 0.6) is 5.75 Å². The maximum atomic E-state index is 12.6.